The molecule has 3 aromatic rings. The van der Waals surface area contributed by atoms with Crippen LogP contribution in [0.25, 0.3) is 17.1 Å². The van der Waals surface area contributed by atoms with Gasteiger partial charge >= 0.3 is 0 Å². The molecule has 0 fully saturated rings. The average molecular weight is 316 g/mol. The van der Waals surface area contributed by atoms with E-state index in [2.05, 4.69) is 10.3 Å². The molecular formula is C14H12N4O5. The van der Waals surface area contributed by atoms with E-state index in [4.69, 9.17) is 9.15 Å². The Balaban J connectivity index is 2.25. The van der Waals surface area contributed by atoms with Crippen LogP contribution in [0.3, 0.4) is 0 Å². The highest BCUT2D eigenvalue weighted by Gasteiger charge is 2.22. The molecule has 0 atom stereocenters. The number of non-ortho nitro benzene ring substituents is 1. The zero-order chi connectivity index (χ0) is 16.4. The van der Waals surface area contributed by atoms with Crippen molar-refractivity contribution in [3.8, 4) is 22.9 Å². The Kier molecular flexibility index (Phi) is 3.77. The summed E-state index contributed by atoms with van der Waals surface area (Å²) in [6.45, 7) is -0.354. The van der Waals surface area contributed by atoms with Crippen molar-refractivity contribution in [2.45, 2.75) is 6.61 Å². The van der Waals surface area contributed by atoms with Crippen LogP contribution in [0.15, 0.2) is 41.0 Å². The number of nitrogens with zero attached hydrogens (tertiary/aromatic N) is 4. The first-order valence-electron chi connectivity index (χ1n) is 6.57. The zero-order valence-electron chi connectivity index (χ0n) is 12.0. The highest BCUT2D eigenvalue weighted by atomic mass is 16.6. The van der Waals surface area contributed by atoms with Crippen molar-refractivity contribution in [2.75, 3.05) is 7.11 Å². The van der Waals surface area contributed by atoms with Crippen molar-refractivity contribution in [1.82, 2.24) is 15.0 Å². The van der Waals surface area contributed by atoms with Crippen LogP contribution in [-0.4, -0.2) is 32.1 Å². The average Bonchev–Trinajstić information content (AvgIpc) is 3.22. The lowest BCUT2D eigenvalue weighted by molar-refractivity contribution is -0.384. The van der Waals surface area contributed by atoms with Gasteiger partial charge in [-0.1, -0.05) is 5.21 Å². The van der Waals surface area contributed by atoms with Crippen LogP contribution in [0, 0.1) is 10.1 Å². The molecular weight excluding hydrogens is 304 g/mol. The van der Waals surface area contributed by atoms with Gasteiger partial charge in [-0.15, -0.1) is 5.10 Å². The molecule has 0 saturated carbocycles. The number of ether oxygens (including phenoxy) is 1. The Morgan fingerprint density at radius 3 is 2.87 bits per heavy atom. The molecule has 2 heterocycles. The number of hydrogen-bond donors (Lipinski definition) is 1. The van der Waals surface area contributed by atoms with E-state index in [-0.39, 0.29) is 18.0 Å². The van der Waals surface area contributed by atoms with Crippen LogP contribution in [0.2, 0.25) is 0 Å². The number of methoxy groups -OCH3 is 1. The maximum Gasteiger partial charge on any atom is 0.271 e. The second-order valence-corrected chi connectivity index (χ2v) is 4.55. The van der Waals surface area contributed by atoms with Gasteiger partial charge in [-0.25, -0.2) is 4.68 Å². The van der Waals surface area contributed by atoms with E-state index in [1.807, 2.05) is 0 Å². The van der Waals surface area contributed by atoms with E-state index in [1.54, 1.807) is 12.1 Å². The predicted molar refractivity (Wildman–Crippen MR) is 78.2 cm³/mol. The normalized spacial score (nSPS) is 10.7. The van der Waals surface area contributed by atoms with Gasteiger partial charge < -0.3 is 14.3 Å². The van der Waals surface area contributed by atoms with Gasteiger partial charge in [0.1, 0.15) is 22.8 Å². The van der Waals surface area contributed by atoms with Gasteiger partial charge in [-0.3, -0.25) is 10.1 Å². The van der Waals surface area contributed by atoms with Crippen LogP contribution in [0.5, 0.6) is 5.75 Å². The van der Waals surface area contributed by atoms with Crippen molar-refractivity contribution in [1.29, 1.82) is 0 Å². The number of aromatic nitrogens is 3. The van der Waals surface area contributed by atoms with Crippen LogP contribution < -0.4 is 4.74 Å². The monoisotopic (exact) mass is 316 g/mol. The predicted octanol–water partition coefficient (Wildman–Crippen LogP) is 1.94. The quantitative estimate of drug-likeness (QED) is 0.564. The number of hydrogen-bond acceptors (Lipinski definition) is 7. The highest BCUT2D eigenvalue weighted by Crippen LogP contribution is 2.32. The number of furan rings is 1. The smallest absolute Gasteiger partial charge is 0.271 e. The molecule has 3 rings (SSSR count). The second-order valence-electron chi connectivity index (χ2n) is 4.55. The molecule has 0 saturated heterocycles. The minimum absolute atomic E-state index is 0.118. The summed E-state index contributed by atoms with van der Waals surface area (Å²) in [7, 11) is 1.45. The topological polar surface area (TPSA) is 116 Å². The third-order valence-corrected chi connectivity index (χ3v) is 3.25. The Morgan fingerprint density at radius 1 is 1.43 bits per heavy atom. The van der Waals surface area contributed by atoms with E-state index >= 15 is 0 Å². The third-order valence-electron chi connectivity index (χ3n) is 3.25. The van der Waals surface area contributed by atoms with Gasteiger partial charge in [0.15, 0.2) is 5.76 Å². The molecule has 0 radical (unpaired) electrons. The summed E-state index contributed by atoms with van der Waals surface area (Å²) >= 11 is 0. The Morgan fingerprint density at radius 2 is 2.26 bits per heavy atom. The lowest BCUT2D eigenvalue weighted by Gasteiger charge is -2.10. The van der Waals surface area contributed by atoms with Crippen molar-refractivity contribution >= 4 is 5.69 Å². The van der Waals surface area contributed by atoms with Crippen molar-refractivity contribution in [3.05, 3.63) is 52.4 Å². The summed E-state index contributed by atoms with van der Waals surface area (Å²) in [5.74, 6) is 0.797. The summed E-state index contributed by atoms with van der Waals surface area (Å²) < 4.78 is 11.9. The molecule has 118 valence electrons. The Labute approximate surface area is 129 Å². The highest BCUT2D eigenvalue weighted by molar-refractivity contribution is 5.62. The maximum atomic E-state index is 11.0. The van der Waals surface area contributed by atoms with E-state index in [1.165, 1.54) is 36.3 Å². The number of aliphatic hydroxyl groups is 1. The first-order valence-corrected chi connectivity index (χ1v) is 6.57. The zero-order valence-corrected chi connectivity index (χ0v) is 12.0. The van der Waals surface area contributed by atoms with Crippen molar-refractivity contribution in [3.63, 3.8) is 0 Å². The van der Waals surface area contributed by atoms with Gasteiger partial charge in [0.05, 0.1) is 24.9 Å². The molecule has 23 heavy (non-hydrogen) atoms. The van der Waals surface area contributed by atoms with Crippen LogP contribution in [0.1, 0.15) is 5.69 Å². The number of rotatable bonds is 5. The van der Waals surface area contributed by atoms with Crippen molar-refractivity contribution in [2.24, 2.45) is 0 Å². The van der Waals surface area contributed by atoms with E-state index in [0.29, 0.717) is 22.9 Å². The first-order chi connectivity index (χ1) is 11.2. The van der Waals surface area contributed by atoms with Crippen LogP contribution >= 0.6 is 0 Å². The second kappa shape index (κ2) is 5.89. The van der Waals surface area contributed by atoms with Crippen LogP contribution in [-0.2, 0) is 6.61 Å². The van der Waals surface area contributed by atoms with E-state index in [0.717, 1.165) is 0 Å². The standard InChI is InChI=1S/C14H12N4O5/c1-22-12-5-4-9(18(20)21)7-11(12)17-14(10(8-19)15-16-17)13-3-2-6-23-13/h2-7,19H,8H2,1H3. The van der Waals surface area contributed by atoms with Crippen molar-refractivity contribution < 1.29 is 19.2 Å². The molecule has 9 nitrogen and oxygen atoms in total. The SMILES string of the molecule is COc1ccc([N+](=O)[O-])cc1-n1nnc(CO)c1-c1ccco1. The minimum atomic E-state index is -0.514. The number of nitro benzene ring substituents is 1. The number of benzene rings is 1. The lowest BCUT2D eigenvalue weighted by atomic mass is 10.2. The largest absolute Gasteiger partial charge is 0.494 e. The molecule has 1 N–H and O–H groups in total. The fourth-order valence-corrected chi connectivity index (χ4v) is 2.21. The Hall–Kier alpha value is -3.20. The van der Waals surface area contributed by atoms with Gasteiger partial charge in [0.25, 0.3) is 5.69 Å². The van der Waals surface area contributed by atoms with Gasteiger partial charge in [0.2, 0.25) is 0 Å². The summed E-state index contributed by atoms with van der Waals surface area (Å²) in [4.78, 5) is 10.5. The van der Waals surface area contributed by atoms with Gasteiger partial charge in [-0.2, -0.15) is 0 Å². The van der Waals surface area contributed by atoms with E-state index < -0.39 is 4.92 Å². The number of nitro groups is 1. The molecule has 0 aliphatic carbocycles. The van der Waals surface area contributed by atoms with Gasteiger partial charge in [-0.05, 0) is 18.2 Å². The third kappa shape index (κ3) is 2.53. The van der Waals surface area contributed by atoms with Crippen LogP contribution in [0.4, 0.5) is 5.69 Å². The van der Waals surface area contributed by atoms with Gasteiger partial charge in [0, 0.05) is 12.1 Å². The maximum absolute atomic E-state index is 11.0. The molecule has 0 bridgehead atoms. The number of aliphatic hydroxyl groups excluding tert-OH is 1. The summed E-state index contributed by atoms with van der Waals surface area (Å²) in [6.07, 6.45) is 1.47. The summed E-state index contributed by atoms with van der Waals surface area (Å²) in [5.41, 5.74) is 0.886. The lowest BCUT2D eigenvalue weighted by Crippen LogP contribution is -2.03. The Bertz CT molecular complexity index is 841. The molecule has 9 heteroatoms. The fraction of sp³-hybridized carbons (Fsp3) is 0.143. The molecule has 0 aliphatic rings. The summed E-state index contributed by atoms with van der Waals surface area (Å²) in [5, 5.41) is 28.3. The summed E-state index contributed by atoms with van der Waals surface area (Å²) in [6, 6.07) is 7.48. The molecule has 2 aromatic heterocycles. The molecule has 1 aromatic carbocycles. The molecule has 0 unspecified atom stereocenters. The minimum Gasteiger partial charge on any atom is -0.494 e. The first kappa shape index (κ1) is 14.7. The van der Waals surface area contributed by atoms with E-state index in [9.17, 15) is 15.2 Å². The molecule has 0 aliphatic heterocycles. The molecule has 0 spiro atoms. The fourth-order valence-electron chi connectivity index (χ4n) is 2.21. The molecule has 0 amide bonds.